The Labute approximate surface area is 205 Å². The number of ether oxygens (including phenoxy) is 1. The molecule has 2 amide bonds. The Balaban J connectivity index is 1.33. The number of hydrogen-bond acceptors (Lipinski definition) is 6. The Morgan fingerprint density at radius 1 is 1.17 bits per heavy atom. The van der Waals surface area contributed by atoms with Crippen LogP contribution in [-0.4, -0.2) is 58.7 Å². The number of likely N-dealkylation sites (tertiary alicyclic amines) is 1. The lowest BCUT2D eigenvalue weighted by Gasteiger charge is -2.30. The predicted molar refractivity (Wildman–Crippen MR) is 132 cm³/mol. The molecule has 2 aliphatic heterocycles. The number of amides is 2. The van der Waals surface area contributed by atoms with E-state index in [-0.39, 0.29) is 36.1 Å². The number of nitriles is 1. The number of nitrogens with one attached hydrogen (secondary N) is 2. The summed E-state index contributed by atoms with van der Waals surface area (Å²) in [6, 6.07) is 8.92. The van der Waals surface area contributed by atoms with Crippen molar-refractivity contribution in [2.75, 3.05) is 36.9 Å². The van der Waals surface area contributed by atoms with Gasteiger partial charge in [0.1, 0.15) is 17.6 Å². The number of nitrogens with zero attached hydrogens (tertiary/aromatic N) is 3. The van der Waals surface area contributed by atoms with Gasteiger partial charge in [0, 0.05) is 18.2 Å². The van der Waals surface area contributed by atoms with E-state index in [1.54, 1.807) is 18.2 Å². The number of aromatic hydroxyl groups is 1. The summed E-state index contributed by atoms with van der Waals surface area (Å²) in [5.41, 5.74) is 2.73. The molecule has 2 aliphatic rings. The zero-order valence-electron chi connectivity index (χ0n) is 20.3. The molecule has 0 radical (unpaired) electrons. The van der Waals surface area contributed by atoms with Crippen molar-refractivity contribution in [3.63, 3.8) is 0 Å². The van der Waals surface area contributed by atoms with Gasteiger partial charge in [0.05, 0.1) is 30.4 Å². The number of anilines is 2. The van der Waals surface area contributed by atoms with E-state index >= 15 is 0 Å². The van der Waals surface area contributed by atoms with E-state index in [4.69, 9.17) is 4.74 Å². The summed E-state index contributed by atoms with van der Waals surface area (Å²) in [5.74, 6) is 0.117. The van der Waals surface area contributed by atoms with Crippen LogP contribution in [-0.2, 0) is 20.9 Å². The molecule has 1 aromatic carbocycles. The standard InChI is InChI=1S/C26H33N5O4/c1-17-18(2)31(15-20-6-5-13-35-20)25(21(17)14-27)29-24(33)16-30-11-9-19(10-12-30)26(34)28-22-7-3-4-8-23(22)32/h3-4,7-8,19-20,32H,5-6,9-13,15-16H2,1-2H3,(H,28,34)(H,29,33). The SMILES string of the molecule is Cc1c(C#N)c(NC(=O)CN2CCC(C(=O)Nc3ccccc3O)CC2)n(CC2CCCO2)c1C. The maximum absolute atomic E-state index is 12.9. The smallest absolute Gasteiger partial charge is 0.239 e. The number of phenolic OH excluding ortho intramolecular Hbond substituents is 1. The number of para-hydroxylation sites is 2. The molecule has 9 nitrogen and oxygen atoms in total. The predicted octanol–water partition coefficient (Wildman–Crippen LogP) is 3.15. The zero-order chi connectivity index (χ0) is 24.9. The summed E-state index contributed by atoms with van der Waals surface area (Å²) < 4.78 is 7.78. The van der Waals surface area contributed by atoms with Crippen LogP contribution in [0.1, 0.15) is 42.5 Å². The molecule has 35 heavy (non-hydrogen) atoms. The van der Waals surface area contributed by atoms with Crippen LogP contribution in [0.15, 0.2) is 24.3 Å². The highest BCUT2D eigenvalue weighted by molar-refractivity contribution is 5.94. The minimum absolute atomic E-state index is 0.0430. The third-order valence-corrected chi connectivity index (χ3v) is 7.10. The van der Waals surface area contributed by atoms with Crippen molar-refractivity contribution in [3.8, 4) is 11.8 Å². The Hall–Kier alpha value is -3.35. The van der Waals surface area contributed by atoms with Crippen LogP contribution in [0.25, 0.3) is 0 Å². The lowest BCUT2D eigenvalue weighted by atomic mass is 9.95. The van der Waals surface area contributed by atoms with Crippen molar-refractivity contribution in [1.82, 2.24) is 9.47 Å². The molecule has 9 heteroatoms. The van der Waals surface area contributed by atoms with Gasteiger partial charge in [-0.05, 0) is 70.3 Å². The van der Waals surface area contributed by atoms with Crippen molar-refractivity contribution in [2.45, 2.75) is 52.2 Å². The van der Waals surface area contributed by atoms with Gasteiger partial charge in [-0.25, -0.2) is 0 Å². The van der Waals surface area contributed by atoms with Gasteiger partial charge in [-0.3, -0.25) is 14.5 Å². The fourth-order valence-corrected chi connectivity index (χ4v) is 4.89. The van der Waals surface area contributed by atoms with Crippen LogP contribution in [0, 0.1) is 31.1 Å². The number of phenols is 1. The van der Waals surface area contributed by atoms with Crippen molar-refractivity contribution < 1.29 is 19.4 Å². The minimum atomic E-state index is -0.176. The Morgan fingerprint density at radius 2 is 1.91 bits per heavy atom. The second-order valence-corrected chi connectivity index (χ2v) is 9.40. The maximum Gasteiger partial charge on any atom is 0.239 e. The van der Waals surface area contributed by atoms with E-state index in [1.165, 1.54) is 6.07 Å². The number of aromatic nitrogens is 1. The molecular formula is C26H33N5O4. The summed E-state index contributed by atoms with van der Waals surface area (Å²) >= 11 is 0. The van der Waals surface area contributed by atoms with Gasteiger partial charge in [0.25, 0.3) is 0 Å². The van der Waals surface area contributed by atoms with Crippen LogP contribution in [0.5, 0.6) is 5.75 Å². The van der Waals surface area contributed by atoms with Crippen molar-refractivity contribution in [1.29, 1.82) is 5.26 Å². The average molecular weight is 480 g/mol. The van der Waals surface area contributed by atoms with E-state index in [1.807, 2.05) is 23.3 Å². The van der Waals surface area contributed by atoms with Crippen LogP contribution in [0.3, 0.4) is 0 Å². The second kappa shape index (κ2) is 10.9. The molecule has 3 N–H and O–H groups in total. The van der Waals surface area contributed by atoms with E-state index in [2.05, 4.69) is 16.7 Å². The summed E-state index contributed by atoms with van der Waals surface area (Å²) in [6.45, 7) is 6.66. The molecule has 4 rings (SSSR count). The molecule has 2 aromatic rings. The molecule has 2 fully saturated rings. The molecule has 1 unspecified atom stereocenters. The highest BCUT2D eigenvalue weighted by atomic mass is 16.5. The Bertz CT molecular complexity index is 1120. The summed E-state index contributed by atoms with van der Waals surface area (Å²) in [4.78, 5) is 27.6. The normalized spacial score (nSPS) is 18.8. The largest absolute Gasteiger partial charge is 0.506 e. The highest BCUT2D eigenvalue weighted by Gasteiger charge is 2.28. The first kappa shape index (κ1) is 24.8. The number of benzene rings is 1. The molecule has 0 bridgehead atoms. The second-order valence-electron chi connectivity index (χ2n) is 9.40. The lowest BCUT2D eigenvalue weighted by Crippen LogP contribution is -2.42. The first-order valence-corrected chi connectivity index (χ1v) is 12.2. The first-order chi connectivity index (χ1) is 16.9. The van der Waals surface area contributed by atoms with Crippen LogP contribution in [0.4, 0.5) is 11.5 Å². The number of carbonyl (C=O) groups excluding carboxylic acids is 2. The molecular weight excluding hydrogens is 446 g/mol. The minimum Gasteiger partial charge on any atom is -0.506 e. The first-order valence-electron chi connectivity index (χ1n) is 12.2. The number of rotatable bonds is 7. The van der Waals surface area contributed by atoms with E-state index in [0.29, 0.717) is 49.5 Å². The fraction of sp³-hybridized carbons (Fsp3) is 0.500. The van der Waals surface area contributed by atoms with Crippen LogP contribution < -0.4 is 10.6 Å². The van der Waals surface area contributed by atoms with Gasteiger partial charge in [0.2, 0.25) is 11.8 Å². The van der Waals surface area contributed by atoms with Gasteiger partial charge in [0.15, 0.2) is 0 Å². The Kier molecular flexibility index (Phi) is 7.73. The van der Waals surface area contributed by atoms with Crippen LogP contribution in [0.2, 0.25) is 0 Å². The number of hydrogen-bond donors (Lipinski definition) is 3. The molecule has 1 atom stereocenters. The average Bonchev–Trinajstić information content (AvgIpc) is 3.44. The molecule has 3 heterocycles. The van der Waals surface area contributed by atoms with Gasteiger partial charge >= 0.3 is 0 Å². The molecule has 186 valence electrons. The molecule has 0 aliphatic carbocycles. The fourth-order valence-electron chi connectivity index (χ4n) is 4.89. The zero-order valence-corrected chi connectivity index (χ0v) is 20.3. The van der Waals surface area contributed by atoms with Gasteiger partial charge in [-0.15, -0.1) is 0 Å². The topological polar surface area (TPSA) is 120 Å². The van der Waals surface area contributed by atoms with Gasteiger partial charge < -0.3 is 25.0 Å². The molecule has 1 aromatic heterocycles. The van der Waals surface area contributed by atoms with Gasteiger partial charge in [-0.1, -0.05) is 12.1 Å². The van der Waals surface area contributed by atoms with Crippen LogP contribution >= 0.6 is 0 Å². The molecule has 2 saturated heterocycles. The molecule has 0 saturated carbocycles. The highest BCUT2D eigenvalue weighted by Crippen LogP contribution is 2.29. The third-order valence-electron chi connectivity index (χ3n) is 7.10. The molecule has 0 spiro atoms. The Morgan fingerprint density at radius 3 is 2.57 bits per heavy atom. The van der Waals surface area contributed by atoms with Gasteiger partial charge in [-0.2, -0.15) is 5.26 Å². The monoisotopic (exact) mass is 479 g/mol. The van der Waals surface area contributed by atoms with Crippen molar-refractivity contribution in [2.24, 2.45) is 5.92 Å². The number of carbonyl (C=O) groups is 2. The summed E-state index contributed by atoms with van der Waals surface area (Å²) in [6.07, 6.45) is 3.34. The quantitative estimate of drug-likeness (QED) is 0.525. The van der Waals surface area contributed by atoms with E-state index < -0.39 is 0 Å². The van der Waals surface area contributed by atoms with Crippen molar-refractivity contribution >= 4 is 23.3 Å². The summed E-state index contributed by atoms with van der Waals surface area (Å²) in [5, 5.41) is 25.4. The third kappa shape index (κ3) is 5.66. The van der Waals surface area contributed by atoms with E-state index in [0.717, 1.165) is 30.7 Å². The lowest BCUT2D eigenvalue weighted by molar-refractivity contribution is -0.121. The maximum atomic E-state index is 12.9. The van der Waals surface area contributed by atoms with E-state index in [9.17, 15) is 20.0 Å². The summed E-state index contributed by atoms with van der Waals surface area (Å²) in [7, 11) is 0. The van der Waals surface area contributed by atoms with Crippen molar-refractivity contribution in [3.05, 3.63) is 41.1 Å². The number of piperidine rings is 1.